The van der Waals surface area contributed by atoms with Gasteiger partial charge in [0.1, 0.15) is 0 Å². The van der Waals surface area contributed by atoms with Crippen LogP contribution in [0.1, 0.15) is 50.7 Å². The van der Waals surface area contributed by atoms with Crippen molar-refractivity contribution in [3.05, 3.63) is 35.4 Å². The molecule has 21 heavy (non-hydrogen) atoms. The van der Waals surface area contributed by atoms with E-state index in [4.69, 9.17) is 0 Å². The van der Waals surface area contributed by atoms with Gasteiger partial charge in [0.2, 0.25) is 0 Å². The Kier molecular flexibility index (Phi) is 3.58. The van der Waals surface area contributed by atoms with Gasteiger partial charge in [-0.15, -0.1) is 0 Å². The maximum Gasteiger partial charge on any atom is 0.0906 e. The van der Waals surface area contributed by atoms with E-state index >= 15 is 0 Å². The van der Waals surface area contributed by atoms with Gasteiger partial charge in [-0.2, -0.15) is 5.26 Å². The quantitative estimate of drug-likeness (QED) is 0.850. The molecule has 0 amide bonds. The van der Waals surface area contributed by atoms with Crippen molar-refractivity contribution < 1.29 is 5.11 Å². The van der Waals surface area contributed by atoms with Crippen LogP contribution in [0.5, 0.6) is 0 Å². The summed E-state index contributed by atoms with van der Waals surface area (Å²) in [5, 5.41) is 21.5. The van der Waals surface area contributed by atoms with Crippen LogP contribution in [-0.4, -0.2) is 10.7 Å². The van der Waals surface area contributed by atoms with Crippen molar-refractivity contribution in [1.29, 1.82) is 5.26 Å². The maximum absolute atomic E-state index is 11.5. The molecule has 2 aliphatic carbocycles. The zero-order valence-electron chi connectivity index (χ0n) is 13.1. The molecule has 112 valence electrons. The highest BCUT2D eigenvalue weighted by Gasteiger charge is 2.56. The number of hydrogen-bond acceptors (Lipinski definition) is 2. The van der Waals surface area contributed by atoms with E-state index in [1.54, 1.807) is 0 Å². The fourth-order valence-electron chi connectivity index (χ4n) is 4.61. The molecule has 0 radical (unpaired) electrons. The molecule has 0 bridgehead atoms. The van der Waals surface area contributed by atoms with Crippen molar-refractivity contribution in [3.63, 3.8) is 0 Å². The molecular weight excluding hydrogens is 258 g/mol. The van der Waals surface area contributed by atoms with Crippen LogP contribution in [0.2, 0.25) is 0 Å². The van der Waals surface area contributed by atoms with Gasteiger partial charge in [0, 0.05) is 0 Å². The minimum atomic E-state index is -0.840. The number of benzene rings is 1. The Morgan fingerprint density at radius 1 is 1.19 bits per heavy atom. The lowest BCUT2D eigenvalue weighted by Crippen LogP contribution is -2.57. The first-order chi connectivity index (χ1) is 10.0. The number of nitriles is 1. The van der Waals surface area contributed by atoms with Crippen LogP contribution in [0.25, 0.3) is 0 Å². The molecule has 0 spiro atoms. The van der Waals surface area contributed by atoms with E-state index in [1.165, 1.54) is 17.5 Å². The van der Waals surface area contributed by atoms with Crippen molar-refractivity contribution in [1.82, 2.24) is 0 Å². The van der Waals surface area contributed by atoms with E-state index in [0.29, 0.717) is 12.3 Å². The lowest BCUT2D eigenvalue weighted by Gasteiger charge is -2.52. The molecule has 3 rings (SSSR count). The lowest BCUT2D eigenvalue weighted by molar-refractivity contribution is -0.139. The predicted molar refractivity (Wildman–Crippen MR) is 83.6 cm³/mol. The van der Waals surface area contributed by atoms with E-state index in [1.807, 2.05) is 6.07 Å². The SMILES string of the molecule is CC1CCCC(O)(C2(C#N)CCc3ccccc3C2)C1C. The Morgan fingerprint density at radius 2 is 1.90 bits per heavy atom. The molecule has 1 fully saturated rings. The summed E-state index contributed by atoms with van der Waals surface area (Å²) in [7, 11) is 0. The molecule has 0 aliphatic heterocycles. The molecule has 1 aromatic rings. The third kappa shape index (κ3) is 2.10. The molecule has 2 heteroatoms. The largest absolute Gasteiger partial charge is 0.388 e. The first-order valence-electron chi connectivity index (χ1n) is 8.23. The van der Waals surface area contributed by atoms with E-state index in [-0.39, 0.29) is 5.92 Å². The molecule has 1 saturated carbocycles. The van der Waals surface area contributed by atoms with Gasteiger partial charge in [0.15, 0.2) is 0 Å². The first kappa shape index (κ1) is 14.6. The van der Waals surface area contributed by atoms with E-state index in [2.05, 4.69) is 38.1 Å². The van der Waals surface area contributed by atoms with Gasteiger partial charge in [0.25, 0.3) is 0 Å². The fourth-order valence-corrected chi connectivity index (χ4v) is 4.61. The number of rotatable bonds is 1. The molecular formula is C19H25NO. The Morgan fingerprint density at radius 3 is 2.62 bits per heavy atom. The average molecular weight is 283 g/mol. The van der Waals surface area contributed by atoms with Gasteiger partial charge in [-0.3, -0.25) is 0 Å². The molecule has 4 unspecified atom stereocenters. The van der Waals surface area contributed by atoms with Gasteiger partial charge in [-0.25, -0.2) is 0 Å². The van der Waals surface area contributed by atoms with Crippen molar-refractivity contribution in [2.24, 2.45) is 17.3 Å². The third-order valence-corrected chi connectivity index (χ3v) is 6.30. The van der Waals surface area contributed by atoms with Crippen molar-refractivity contribution >= 4 is 0 Å². The van der Waals surface area contributed by atoms with Crippen LogP contribution >= 0.6 is 0 Å². The van der Waals surface area contributed by atoms with Crippen molar-refractivity contribution in [2.45, 2.75) is 58.0 Å². The Labute approximate surface area is 127 Å². The summed E-state index contributed by atoms with van der Waals surface area (Å²) < 4.78 is 0. The van der Waals surface area contributed by atoms with E-state index < -0.39 is 11.0 Å². The van der Waals surface area contributed by atoms with Gasteiger partial charge in [0.05, 0.1) is 17.1 Å². The van der Waals surface area contributed by atoms with Gasteiger partial charge in [-0.05, 0) is 48.6 Å². The van der Waals surface area contributed by atoms with Crippen molar-refractivity contribution in [2.75, 3.05) is 0 Å². The van der Waals surface area contributed by atoms with Crippen LogP contribution in [-0.2, 0) is 12.8 Å². The number of aryl methyl sites for hydroxylation is 1. The molecule has 1 N–H and O–H groups in total. The summed E-state index contributed by atoms with van der Waals surface area (Å²) >= 11 is 0. The third-order valence-electron chi connectivity index (χ3n) is 6.30. The number of nitrogens with zero attached hydrogens (tertiary/aromatic N) is 1. The van der Waals surface area contributed by atoms with Crippen LogP contribution in [0.4, 0.5) is 0 Å². The maximum atomic E-state index is 11.5. The Balaban J connectivity index is 2.01. The summed E-state index contributed by atoms with van der Waals surface area (Å²) in [6.45, 7) is 4.36. The Hall–Kier alpha value is -1.33. The summed E-state index contributed by atoms with van der Waals surface area (Å²) in [4.78, 5) is 0. The zero-order chi connectivity index (χ0) is 15.1. The van der Waals surface area contributed by atoms with E-state index in [0.717, 1.165) is 25.7 Å². The molecule has 1 aromatic carbocycles. The average Bonchev–Trinajstić information content (AvgIpc) is 2.52. The Bertz CT molecular complexity index is 575. The van der Waals surface area contributed by atoms with Gasteiger partial charge < -0.3 is 5.11 Å². The number of hydrogen-bond donors (Lipinski definition) is 1. The standard InChI is InChI=1S/C19H25NO/c1-14-6-5-10-19(21,15(14)2)18(13-20)11-9-16-7-3-4-8-17(16)12-18/h3-4,7-8,14-15,21H,5-6,9-12H2,1-2H3. The molecule has 0 saturated heterocycles. The molecule has 0 aromatic heterocycles. The van der Waals surface area contributed by atoms with Crippen LogP contribution in [0.3, 0.4) is 0 Å². The number of aliphatic hydroxyl groups is 1. The topological polar surface area (TPSA) is 44.0 Å². The van der Waals surface area contributed by atoms with Crippen LogP contribution in [0.15, 0.2) is 24.3 Å². The minimum absolute atomic E-state index is 0.191. The summed E-state index contributed by atoms with van der Waals surface area (Å²) in [5.74, 6) is 0.683. The summed E-state index contributed by atoms with van der Waals surface area (Å²) in [6, 6.07) is 11.0. The second-order valence-corrected chi connectivity index (χ2v) is 7.22. The molecule has 0 heterocycles. The smallest absolute Gasteiger partial charge is 0.0906 e. The van der Waals surface area contributed by atoms with Crippen LogP contribution in [0, 0.1) is 28.6 Å². The highest BCUT2D eigenvalue weighted by Crippen LogP contribution is 2.53. The second kappa shape index (κ2) is 5.14. The molecule has 4 atom stereocenters. The van der Waals surface area contributed by atoms with Gasteiger partial charge >= 0.3 is 0 Å². The molecule has 2 nitrogen and oxygen atoms in total. The van der Waals surface area contributed by atoms with Crippen LogP contribution < -0.4 is 0 Å². The highest BCUT2D eigenvalue weighted by molar-refractivity contribution is 5.35. The number of fused-ring (bicyclic) bond motifs is 1. The van der Waals surface area contributed by atoms with E-state index in [9.17, 15) is 10.4 Å². The highest BCUT2D eigenvalue weighted by atomic mass is 16.3. The normalized spacial score (nSPS) is 39.3. The minimum Gasteiger partial charge on any atom is -0.388 e. The summed E-state index contributed by atoms with van der Waals surface area (Å²) in [5.41, 5.74) is 1.15. The molecule has 2 aliphatic rings. The first-order valence-corrected chi connectivity index (χ1v) is 8.23. The fraction of sp³-hybridized carbons (Fsp3) is 0.632. The zero-order valence-corrected chi connectivity index (χ0v) is 13.1. The van der Waals surface area contributed by atoms with Gasteiger partial charge in [-0.1, -0.05) is 51.0 Å². The predicted octanol–water partition coefficient (Wildman–Crippen LogP) is 3.87. The van der Waals surface area contributed by atoms with Crippen molar-refractivity contribution in [3.8, 4) is 6.07 Å². The summed E-state index contributed by atoms with van der Waals surface area (Å²) in [6.07, 6.45) is 5.37. The monoisotopic (exact) mass is 283 g/mol. The second-order valence-electron chi connectivity index (χ2n) is 7.22. The lowest BCUT2D eigenvalue weighted by atomic mass is 9.53.